The topological polar surface area (TPSA) is 0 Å². The number of rotatable bonds is 1. The predicted molar refractivity (Wildman–Crippen MR) is 78.2 cm³/mol. The first-order valence-electron chi connectivity index (χ1n) is 7.87. The fourth-order valence-electron chi connectivity index (χ4n) is 4.36. The van der Waals surface area contributed by atoms with Crippen molar-refractivity contribution in [2.75, 3.05) is 0 Å². The highest BCUT2D eigenvalue weighted by Gasteiger charge is 2.39. The molecular weight excluding hydrogens is 223 g/mol. The maximum Gasteiger partial charge on any atom is -0.0170 e. The van der Waals surface area contributed by atoms with E-state index in [0.29, 0.717) is 7.92 Å². The monoisotopic (exact) mass is 250 g/mol. The third-order valence-corrected chi connectivity index (χ3v) is 9.18. The van der Waals surface area contributed by atoms with Crippen molar-refractivity contribution in [1.29, 1.82) is 0 Å². The Morgan fingerprint density at radius 3 is 2.00 bits per heavy atom. The molecule has 0 amide bonds. The van der Waals surface area contributed by atoms with E-state index in [1.807, 2.05) is 0 Å². The molecule has 1 atom stereocenters. The Morgan fingerprint density at radius 2 is 1.29 bits per heavy atom. The van der Waals surface area contributed by atoms with Gasteiger partial charge in [0.25, 0.3) is 0 Å². The van der Waals surface area contributed by atoms with Gasteiger partial charge in [0.15, 0.2) is 0 Å². The van der Waals surface area contributed by atoms with Gasteiger partial charge in [0, 0.05) is 0 Å². The zero-order chi connectivity index (χ0) is 11.5. The summed E-state index contributed by atoms with van der Waals surface area (Å²) >= 11 is 0. The van der Waals surface area contributed by atoms with E-state index in [9.17, 15) is 0 Å². The number of fused-ring (bicyclic) bond motifs is 2. The summed E-state index contributed by atoms with van der Waals surface area (Å²) in [6, 6.07) is 0. The minimum atomic E-state index is 0.392. The molecule has 2 fully saturated rings. The van der Waals surface area contributed by atoms with Crippen LogP contribution in [0.4, 0.5) is 0 Å². The van der Waals surface area contributed by atoms with Crippen molar-refractivity contribution in [2.45, 2.75) is 87.6 Å². The van der Waals surface area contributed by atoms with Gasteiger partial charge in [0.2, 0.25) is 0 Å². The van der Waals surface area contributed by atoms with E-state index in [1.54, 1.807) is 44.9 Å². The van der Waals surface area contributed by atoms with Crippen LogP contribution >= 0.6 is 7.92 Å². The van der Waals surface area contributed by atoms with E-state index >= 15 is 0 Å². The van der Waals surface area contributed by atoms with E-state index in [0.717, 1.165) is 5.66 Å². The average molecular weight is 250 g/mol. The van der Waals surface area contributed by atoms with E-state index in [-0.39, 0.29) is 0 Å². The van der Waals surface area contributed by atoms with Crippen LogP contribution in [0, 0.1) is 0 Å². The van der Waals surface area contributed by atoms with Gasteiger partial charge in [0.1, 0.15) is 0 Å². The summed E-state index contributed by atoms with van der Waals surface area (Å²) in [5.41, 5.74) is 3.46. The highest BCUT2D eigenvalue weighted by Crippen LogP contribution is 2.64. The summed E-state index contributed by atoms with van der Waals surface area (Å²) in [5.74, 6) is 0. The molecule has 0 spiro atoms. The van der Waals surface area contributed by atoms with Crippen molar-refractivity contribution in [3.05, 3.63) is 12.2 Å². The third kappa shape index (κ3) is 2.78. The highest BCUT2D eigenvalue weighted by atomic mass is 31.1. The first-order chi connectivity index (χ1) is 8.45. The van der Waals surface area contributed by atoms with Gasteiger partial charge in [-0.25, -0.2) is 0 Å². The Bertz CT molecular complexity index is 249. The third-order valence-electron chi connectivity index (χ3n) is 5.15. The van der Waals surface area contributed by atoms with Gasteiger partial charge >= 0.3 is 0 Å². The molecule has 1 heteroatoms. The van der Waals surface area contributed by atoms with Gasteiger partial charge in [-0.3, -0.25) is 0 Å². The Morgan fingerprint density at radius 1 is 0.647 bits per heavy atom. The smallest absolute Gasteiger partial charge is 0.0170 e. The molecule has 17 heavy (non-hydrogen) atoms. The van der Waals surface area contributed by atoms with Crippen LogP contribution in [0.5, 0.6) is 0 Å². The number of hydrogen-bond donors (Lipinski definition) is 0. The first kappa shape index (κ1) is 12.2. The molecular formula is C16H27P. The van der Waals surface area contributed by atoms with E-state index in [2.05, 4.69) is 12.2 Å². The summed E-state index contributed by atoms with van der Waals surface area (Å²) in [6.45, 7) is 0. The normalized spacial score (nSPS) is 42.8. The SMILES string of the molecule is C1=CCC(P2C3CCCC2CCC3)CCCC1. The minimum absolute atomic E-state index is 0.392. The van der Waals surface area contributed by atoms with Gasteiger partial charge < -0.3 is 0 Å². The van der Waals surface area contributed by atoms with Crippen LogP contribution in [0.2, 0.25) is 0 Å². The van der Waals surface area contributed by atoms with Crippen LogP contribution < -0.4 is 0 Å². The summed E-state index contributed by atoms with van der Waals surface area (Å²) < 4.78 is 0. The first-order valence-corrected chi connectivity index (χ1v) is 9.42. The predicted octanol–water partition coefficient (Wildman–Crippen LogP) is 5.46. The lowest BCUT2D eigenvalue weighted by Crippen LogP contribution is -2.31. The lowest BCUT2D eigenvalue weighted by molar-refractivity contribution is 0.465. The maximum atomic E-state index is 2.52. The van der Waals surface area contributed by atoms with Crippen molar-refractivity contribution >= 4 is 7.92 Å². The Kier molecular flexibility index (Phi) is 4.22. The highest BCUT2D eigenvalue weighted by molar-refractivity contribution is 7.60. The van der Waals surface area contributed by atoms with Crippen LogP contribution in [-0.4, -0.2) is 17.0 Å². The number of hydrogen-bond acceptors (Lipinski definition) is 0. The molecule has 96 valence electrons. The quantitative estimate of drug-likeness (QED) is 0.428. The lowest BCUT2D eigenvalue weighted by Gasteiger charge is -2.47. The van der Waals surface area contributed by atoms with Crippen molar-refractivity contribution < 1.29 is 0 Å². The second-order valence-corrected chi connectivity index (χ2v) is 9.35. The second kappa shape index (κ2) is 5.87. The molecule has 2 heterocycles. The molecule has 2 bridgehead atoms. The maximum absolute atomic E-state index is 2.52. The molecule has 0 aromatic heterocycles. The second-order valence-electron chi connectivity index (χ2n) is 6.26. The van der Waals surface area contributed by atoms with E-state index < -0.39 is 0 Å². The molecule has 0 N–H and O–H groups in total. The van der Waals surface area contributed by atoms with Crippen LogP contribution in [0.25, 0.3) is 0 Å². The number of allylic oxidation sites excluding steroid dienone is 2. The molecule has 1 aliphatic carbocycles. The van der Waals surface area contributed by atoms with Crippen LogP contribution in [0.15, 0.2) is 12.2 Å². The summed E-state index contributed by atoms with van der Waals surface area (Å²) in [6.07, 6.45) is 21.7. The molecule has 3 rings (SSSR count). The van der Waals surface area contributed by atoms with Crippen molar-refractivity contribution in [1.82, 2.24) is 0 Å². The summed E-state index contributed by atoms with van der Waals surface area (Å²) in [7, 11) is 0.392. The van der Waals surface area contributed by atoms with Crippen molar-refractivity contribution in [3.63, 3.8) is 0 Å². The van der Waals surface area contributed by atoms with Crippen molar-refractivity contribution in [2.24, 2.45) is 0 Å². The fourth-order valence-corrected chi connectivity index (χ4v) is 8.92. The van der Waals surface area contributed by atoms with Crippen LogP contribution in [0.1, 0.15) is 70.6 Å². The molecule has 3 aliphatic rings. The molecule has 0 aromatic rings. The lowest BCUT2D eigenvalue weighted by atomic mass is 9.98. The molecule has 2 saturated heterocycles. The van der Waals surface area contributed by atoms with Crippen LogP contribution in [0.3, 0.4) is 0 Å². The standard InChI is InChI=1S/C16H27P/c1-2-4-8-14(9-5-3-1)17-15-10-6-11-16(17)13-7-12-15/h2,4,14-16H,1,3,5-13H2. The molecule has 0 aromatic carbocycles. The van der Waals surface area contributed by atoms with Gasteiger partial charge in [-0.2, -0.15) is 0 Å². The van der Waals surface area contributed by atoms with Gasteiger partial charge in [-0.15, -0.1) is 0 Å². The molecule has 0 saturated carbocycles. The summed E-state index contributed by atoms with van der Waals surface area (Å²) in [5, 5.41) is 0. The Labute approximate surface area is 108 Å². The van der Waals surface area contributed by atoms with Crippen LogP contribution in [-0.2, 0) is 0 Å². The largest absolute Gasteiger partial charge is 0.0968 e. The molecule has 2 aliphatic heterocycles. The molecule has 1 unspecified atom stereocenters. The van der Waals surface area contributed by atoms with Gasteiger partial charge in [-0.1, -0.05) is 39.3 Å². The minimum Gasteiger partial charge on any atom is -0.0968 e. The zero-order valence-electron chi connectivity index (χ0n) is 11.1. The van der Waals surface area contributed by atoms with Gasteiger partial charge in [-0.05, 0) is 68.3 Å². The Hall–Kier alpha value is 0.170. The van der Waals surface area contributed by atoms with Crippen molar-refractivity contribution in [3.8, 4) is 0 Å². The molecule has 0 radical (unpaired) electrons. The average Bonchev–Trinajstić information content (AvgIpc) is 2.27. The van der Waals surface area contributed by atoms with E-state index in [1.165, 1.54) is 37.0 Å². The summed E-state index contributed by atoms with van der Waals surface area (Å²) in [4.78, 5) is 0. The Balaban J connectivity index is 1.72. The van der Waals surface area contributed by atoms with E-state index in [4.69, 9.17) is 0 Å². The fraction of sp³-hybridized carbons (Fsp3) is 0.875. The zero-order valence-corrected chi connectivity index (χ0v) is 12.0. The van der Waals surface area contributed by atoms with Gasteiger partial charge in [0.05, 0.1) is 0 Å². The molecule has 0 nitrogen and oxygen atoms in total.